The molecule has 3 aromatic heterocycles. The molecule has 3 aromatic rings. The lowest BCUT2D eigenvalue weighted by Gasteiger charge is -2.08. The highest BCUT2D eigenvalue weighted by molar-refractivity contribution is 6.30. The van der Waals surface area contributed by atoms with Crippen molar-refractivity contribution in [3.8, 4) is 22.4 Å². The Bertz CT molecular complexity index is 684. The quantitative estimate of drug-likeness (QED) is 0.708. The SMILES string of the molecule is Clc1cnc(-c2cccnc2)c(-c2cccnc2)c1. The highest BCUT2D eigenvalue weighted by Gasteiger charge is 2.10. The van der Waals surface area contributed by atoms with Crippen LogP contribution in [0, 0.1) is 0 Å². The zero-order valence-corrected chi connectivity index (χ0v) is 10.7. The standard InChI is InChI=1S/C15H10ClN3/c16-13-7-14(11-3-1-5-17-8-11)15(19-10-13)12-4-2-6-18-9-12/h1-10H. The van der Waals surface area contributed by atoms with Gasteiger partial charge in [0, 0.05) is 47.7 Å². The van der Waals surface area contributed by atoms with Gasteiger partial charge >= 0.3 is 0 Å². The highest BCUT2D eigenvalue weighted by Crippen LogP contribution is 2.31. The van der Waals surface area contributed by atoms with E-state index in [-0.39, 0.29) is 0 Å². The fourth-order valence-corrected chi connectivity index (χ4v) is 2.07. The summed E-state index contributed by atoms with van der Waals surface area (Å²) >= 11 is 6.06. The fourth-order valence-electron chi connectivity index (χ4n) is 1.91. The molecule has 0 spiro atoms. The van der Waals surface area contributed by atoms with Crippen LogP contribution in [0.15, 0.2) is 61.3 Å². The van der Waals surface area contributed by atoms with Gasteiger partial charge in [0.05, 0.1) is 10.7 Å². The van der Waals surface area contributed by atoms with Gasteiger partial charge in [-0.2, -0.15) is 0 Å². The van der Waals surface area contributed by atoms with Gasteiger partial charge in [-0.05, 0) is 24.3 Å². The van der Waals surface area contributed by atoms with Gasteiger partial charge in [0.1, 0.15) is 0 Å². The molecule has 0 fully saturated rings. The minimum absolute atomic E-state index is 0.603. The summed E-state index contributed by atoms with van der Waals surface area (Å²) in [5.41, 5.74) is 3.74. The lowest BCUT2D eigenvalue weighted by molar-refractivity contribution is 1.27. The zero-order valence-electron chi connectivity index (χ0n) is 9.99. The summed E-state index contributed by atoms with van der Waals surface area (Å²) in [7, 11) is 0. The largest absolute Gasteiger partial charge is 0.264 e. The van der Waals surface area contributed by atoms with Gasteiger partial charge in [-0.15, -0.1) is 0 Å². The molecule has 3 heterocycles. The molecule has 3 rings (SSSR count). The molecule has 0 aromatic carbocycles. The average molecular weight is 268 g/mol. The number of rotatable bonds is 2. The van der Waals surface area contributed by atoms with Gasteiger partial charge in [-0.25, -0.2) is 0 Å². The monoisotopic (exact) mass is 267 g/mol. The van der Waals surface area contributed by atoms with E-state index in [1.54, 1.807) is 31.0 Å². The van der Waals surface area contributed by atoms with E-state index < -0.39 is 0 Å². The Morgan fingerprint density at radius 3 is 2.16 bits per heavy atom. The van der Waals surface area contributed by atoms with Gasteiger partial charge in [-0.1, -0.05) is 17.7 Å². The lowest BCUT2D eigenvalue weighted by Crippen LogP contribution is -1.90. The molecular formula is C15H10ClN3. The first-order valence-corrected chi connectivity index (χ1v) is 6.19. The van der Waals surface area contributed by atoms with Crippen molar-refractivity contribution >= 4 is 11.6 Å². The van der Waals surface area contributed by atoms with Crippen molar-refractivity contribution in [1.29, 1.82) is 0 Å². The van der Waals surface area contributed by atoms with Crippen molar-refractivity contribution in [2.45, 2.75) is 0 Å². The predicted octanol–water partition coefficient (Wildman–Crippen LogP) is 3.86. The summed E-state index contributed by atoms with van der Waals surface area (Å²) in [5.74, 6) is 0. The van der Waals surface area contributed by atoms with Gasteiger partial charge in [0.2, 0.25) is 0 Å². The highest BCUT2D eigenvalue weighted by atomic mass is 35.5. The second-order valence-corrected chi connectivity index (χ2v) is 4.47. The van der Waals surface area contributed by atoms with Crippen molar-refractivity contribution < 1.29 is 0 Å². The number of aromatic nitrogens is 3. The van der Waals surface area contributed by atoms with E-state index in [4.69, 9.17) is 11.6 Å². The first-order chi connectivity index (χ1) is 9.34. The number of hydrogen-bond donors (Lipinski definition) is 0. The topological polar surface area (TPSA) is 38.7 Å². The molecule has 0 amide bonds. The first-order valence-electron chi connectivity index (χ1n) is 5.81. The number of hydrogen-bond acceptors (Lipinski definition) is 3. The lowest BCUT2D eigenvalue weighted by atomic mass is 10.0. The smallest absolute Gasteiger partial charge is 0.0797 e. The average Bonchev–Trinajstić information content (AvgIpc) is 2.49. The van der Waals surface area contributed by atoms with Crippen molar-refractivity contribution in [2.75, 3.05) is 0 Å². The van der Waals surface area contributed by atoms with Crippen LogP contribution in [0.1, 0.15) is 0 Å². The Kier molecular flexibility index (Phi) is 3.21. The van der Waals surface area contributed by atoms with Crippen molar-refractivity contribution in [1.82, 2.24) is 15.0 Å². The zero-order chi connectivity index (χ0) is 13.1. The van der Waals surface area contributed by atoms with Gasteiger partial charge < -0.3 is 0 Å². The second-order valence-electron chi connectivity index (χ2n) is 4.03. The second kappa shape index (κ2) is 5.16. The van der Waals surface area contributed by atoms with Crippen LogP contribution in [0.4, 0.5) is 0 Å². The summed E-state index contributed by atoms with van der Waals surface area (Å²) in [5, 5.41) is 0.603. The Labute approximate surface area is 116 Å². The molecule has 0 radical (unpaired) electrons. The number of pyridine rings is 3. The third-order valence-electron chi connectivity index (χ3n) is 2.76. The Balaban J connectivity index is 2.21. The van der Waals surface area contributed by atoms with Gasteiger partial charge in [-0.3, -0.25) is 15.0 Å². The first kappa shape index (κ1) is 11.8. The van der Waals surface area contributed by atoms with Crippen LogP contribution in [0.25, 0.3) is 22.4 Å². The van der Waals surface area contributed by atoms with E-state index in [2.05, 4.69) is 15.0 Å². The van der Waals surface area contributed by atoms with Crippen LogP contribution in [0.2, 0.25) is 5.02 Å². The van der Waals surface area contributed by atoms with Gasteiger partial charge in [0.15, 0.2) is 0 Å². The number of halogens is 1. The minimum atomic E-state index is 0.603. The van der Waals surface area contributed by atoms with Crippen LogP contribution in [-0.4, -0.2) is 15.0 Å². The molecule has 0 atom stereocenters. The van der Waals surface area contributed by atoms with E-state index >= 15 is 0 Å². The van der Waals surface area contributed by atoms with Gasteiger partial charge in [0.25, 0.3) is 0 Å². The molecule has 0 saturated heterocycles. The van der Waals surface area contributed by atoms with Crippen LogP contribution in [-0.2, 0) is 0 Å². The Morgan fingerprint density at radius 1 is 0.842 bits per heavy atom. The molecule has 0 N–H and O–H groups in total. The number of nitrogens with zero attached hydrogens (tertiary/aromatic N) is 3. The maximum absolute atomic E-state index is 6.06. The van der Waals surface area contributed by atoms with E-state index in [1.165, 1.54) is 0 Å². The molecule has 0 bridgehead atoms. The van der Waals surface area contributed by atoms with E-state index in [1.807, 2.05) is 30.3 Å². The summed E-state index contributed by atoms with van der Waals surface area (Å²) < 4.78 is 0. The van der Waals surface area contributed by atoms with Crippen LogP contribution in [0.3, 0.4) is 0 Å². The molecule has 19 heavy (non-hydrogen) atoms. The van der Waals surface area contributed by atoms with E-state index in [0.717, 1.165) is 22.4 Å². The molecular weight excluding hydrogens is 258 g/mol. The van der Waals surface area contributed by atoms with Crippen molar-refractivity contribution in [2.24, 2.45) is 0 Å². The molecule has 0 aliphatic heterocycles. The van der Waals surface area contributed by atoms with Crippen LogP contribution in [0.5, 0.6) is 0 Å². The molecule has 0 unspecified atom stereocenters. The van der Waals surface area contributed by atoms with E-state index in [0.29, 0.717) is 5.02 Å². The maximum atomic E-state index is 6.06. The predicted molar refractivity (Wildman–Crippen MR) is 75.7 cm³/mol. The third-order valence-corrected chi connectivity index (χ3v) is 2.97. The molecule has 0 aliphatic rings. The third kappa shape index (κ3) is 2.46. The van der Waals surface area contributed by atoms with Crippen molar-refractivity contribution in [3.05, 3.63) is 66.3 Å². The van der Waals surface area contributed by atoms with E-state index in [9.17, 15) is 0 Å². The summed E-state index contributed by atoms with van der Waals surface area (Å²) in [6.07, 6.45) is 8.71. The fraction of sp³-hybridized carbons (Fsp3) is 0. The van der Waals surface area contributed by atoms with Crippen LogP contribution >= 0.6 is 11.6 Å². The molecule has 3 nitrogen and oxygen atoms in total. The molecule has 0 saturated carbocycles. The summed E-state index contributed by atoms with van der Waals surface area (Å²) in [6.45, 7) is 0. The van der Waals surface area contributed by atoms with Crippen molar-refractivity contribution in [3.63, 3.8) is 0 Å². The minimum Gasteiger partial charge on any atom is -0.264 e. The Morgan fingerprint density at radius 2 is 1.53 bits per heavy atom. The molecule has 4 heteroatoms. The van der Waals surface area contributed by atoms with Crippen LogP contribution < -0.4 is 0 Å². The normalized spacial score (nSPS) is 10.4. The summed E-state index contributed by atoms with van der Waals surface area (Å²) in [6, 6.07) is 9.64. The Hall–Kier alpha value is -2.26. The molecule has 0 aliphatic carbocycles. The maximum Gasteiger partial charge on any atom is 0.0797 e. The summed E-state index contributed by atoms with van der Waals surface area (Å²) in [4.78, 5) is 12.7. The molecule has 92 valence electrons.